The number of benzene rings is 1. The molecular weight excluding hydrogens is 370 g/mol. The normalized spacial score (nSPS) is 39.3. The molecule has 4 aliphatic rings. The highest BCUT2D eigenvalue weighted by Gasteiger charge is 2.57. The summed E-state index contributed by atoms with van der Waals surface area (Å²) in [6.07, 6.45) is 15.0. The van der Waals surface area contributed by atoms with E-state index in [0.29, 0.717) is 0 Å². The molecule has 2 saturated carbocycles. The zero-order valence-electron chi connectivity index (χ0n) is 18.0. The number of allylic oxidation sites excluding steroid dienone is 4. The van der Waals surface area contributed by atoms with Crippen molar-refractivity contribution >= 4 is 22.4 Å². The van der Waals surface area contributed by atoms with Gasteiger partial charge in [0.2, 0.25) is 0 Å². The monoisotopic (exact) mass is 401 g/mol. The highest BCUT2D eigenvalue weighted by atomic mass is 16.4. The van der Waals surface area contributed by atoms with Gasteiger partial charge in [-0.25, -0.2) is 4.98 Å². The Morgan fingerprint density at radius 1 is 1.07 bits per heavy atom. The minimum atomic E-state index is 0.231. The fraction of sp³-hybridized carbons (Fsp3) is 0.538. The number of imidazole rings is 1. The van der Waals surface area contributed by atoms with Gasteiger partial charge in [-0.1, -0.05) is 42.8 Å². The number of rotatable bonds is 1. The van der Waals surface area contributed by atoms with Crippen molar-refractivity contribution in [3.63, 3.8) is 0 Å². The minimum absolute atomic E-state index is 0.231. The van der Waals surface area contributed by atoms with Crippen molar-refractivity contribution < 1.29 is 5.21 Å². The van der Waals surface area contributed by atoms with Gasteiger partial charge in [-0.15, -0.1) is 0 Å². The van der Waals surface area contributed by atoms with Crippen LogP contribution in [0, 0.1) is 28.6 Å². The standard InChI is InChI=1S/C26H31N3O/c1-25-13-11-18(28-30)15-17(25)7-8-19-20-9-10-24(26(20,2)14-12-21(19)25)29-16-27-22-5-3-4-6-23(22)29/h3-6,10,15-16,19-21,30H,7-9,11-14H2,1-2H3/t19-,20-,21-,25-,26-/m0/s1. The van der Waals surface area contributed by atoms with E-state index in [0.717, 1.165) is 48.2 Å². The van der Waals surface area contributed by atoms with E-state index >= 15 is 0 Å². The first kappa shape index (κ1) is 18.4. The Morgan fingerprint density at radius 2 is 1.93 bits per heavy atom. The lowest BCUT2D eigenvalue weighted by Gasteiger charge is -2.57. The fourth-order valence-electron chi connectivity index (χ4n) is 7.72. The summed E-state index contributed by atoms with van der Waals surface area (Å²) in [5.74, 6) is 2.25. The van der Waals surface area contributed by atoms with Crippen LogP contribution >= 0.6 is 0 Å². The molecule has 0 bridgehead atoms. The third-order valence-corrected chi connectivity index (χ3v) is 9.36. The first-order valence-electron chi connectivity index (χ1n) is 11.6. The van der Waals surface area contributed by atoms with Gasteiger partial charge < -0.3 is 9.77 Å². The van der Waals surface area contributed by atoms with E-state index in [-0.39, 0.29) is 10.8 Å². The molecule has 1 aromatic carbocycles. The molecule has 156 valence electrons. The fourth-order valence-corrected chi connectivity index (χ4v) is 7.72. The molecule has 1 aromatic heterocycles. The number of fused-ring (bicyclic) bond motifs is 6. The van der Waals surface area contributed by atoms with Gasteiger partial charge in [-0.3, -0.25) is 0 Å². The summed E-state index contributed by atoms with van der Waals surface area (Å²) in [5, 5.41) is 12.8. The Kier molecular flexibility index (Phi) is 3.88. The number of hydrogen-bond donors (Lipinski definition) is 1. The molecular formula is C26H31N3O. The van der Waals surface area contributed by atoms with Crippen LogP contribution in [0.4, 0.5) is 0 Å². The number of aromatic nitrogens is 2. The van der Waals surface area contributed by atoms with Gasteiger partial charge >= 0.3 is 0 Å². The van der Waals surface area contributed by atoms with Crippen LogP contribution in [-0.4, -0.2) is 20.5 Å². The molecule has 1 heterocycles. The second kappa shape index (κ2) is 6.32. The van der Waals surface area contributed by atoms with Crippen molar-refractivity contribution in [2.75, 3.05) is 0 Å². The van der Waals surface area contributed by atoms with Crippen molar-refractivity contribution in [3.05, 3.63) is 48.3 Å². The van der Waals surface area contributed by atoms with Crippen LogP contribution in [0.3, 0.4) is 0 Å². The molecule has 0 amide bonds. The van der Waals surface area contributed by atoms with E-state index in [1.807, 2.05) is 6.33 Å². The predicted octanol–water partition coefficient (Wildman–Crippen LogP) is 6.28. The summed E-state index contributed by atoms with van der Waals surface area (Å²) in [7, 11) is 0. The van der Waals surface area contributed by atoms with Gasteiger partial charge in [-0.05, 0) is 86.3 Å². The predicted molar refractivity (Wildman–Crippen MR) is 120 cm³/mol. The van der Waals surface area contributed by atoms with Gasteiger partial charge in [0, 0.05) is 11.1 Å². The molecule has 0 aliphatic heterocycles. The lowest BCUT2D eigenvalue weighted by Crippen LogP contribution is -2.50. The maximum atomic E-state index is 9.28. The molecule has 1 N–H and O–H groups in total. The van der Waals surface area contributed by atoms with Gasteiger partial charge in [-0.2, -0.15) is 0 Å². The first-order chi connectivity index (χ1) is 14.5. The average Bonchev–Trinajstić information content (AvgIpc) is 3.33. The number of hydrogen-bond acceptors (Lipinski definition) is 3. The number of oxime groups is 1. The molecule has 0 spiro atoms. The molecule has 6 rings (SSSR count). The van der Waals surface area contributed by atoms with Crippen LogP contribution in [0.25, 0.3) is 16.7 Å². The van der Waals surface area contributed by atoms with Crippen LogP contribution in [0.5, 0.6) is 0 Å². The van der Waals surface area contributed by atoms with Crippen molar-refractivity contribution in [2.45, 2.75) is 58.8 Å². The van der Waals surface area contributed by atoms with Crippen molar-refractivity contribution in [1.29, 1.82) is 0 Å². The van der Waals surface area contributed by atoms with E-state index in [2.05, 4.69) is 65.0 Å². The third-order valence-electron chi connectivity index (χ3n) is 9.36. The van der Waals surface area contributed by atoms with Crippen molar-refractivity contribution in [2.24, 2.45) is 33.7 Å². The number of nitrogens with zero attached hydrogens (tertiary/aromatic N) is 3. The maximum absolute atomic E-state index is 9.28. The summed E-state index contributed by atoms with van der Waals surface area (Å²) < 4.78 is 2.37. The SMILES string of the molecule is C[C@]12CCC(=NO)C=C1CC[C@@H]1[C@@H]2CC[C@]2(C)C(n3cnc4ccccc43)=CC[C@@H]12. The lowest BCUT2D eigenvalue weighted by atomic mass is 9.47. The molecule has 5 atom stereocenters. The Morgan fingerprint density at radius 3 is 2.80 bits per heavy atom. The zero-order chi connectivity index (χ0) is 20.5. The highest BCUT2D eigenvalue weighted by molar-refractivity contribution is 5.96. The zero-order valence-corrected chi connectivity index (χ0v) is 18.0. The Labute approximate surface area is 178 Å². The second-order valence-corrected chi connectivity index (χ2v) is 10.5. The topological polar surface area (TPSA) is 50.4 Å². The Balaban J connectivity index is 1.35. The van der Waals surface area contributed by atoms with E-state index in [1.165, 1.54) is 42.5 Å². The largest absolute Gasteiger partial charge is 0.411 e. The van der Waals surface area contributed by atoms with Crippen LogP contribution < -0.4 is 0 Å². The van der Waals surface area contributed by atoms with Crippen molar-refractivity contribution in [1.82, 2.24) is 9.55 Å². The molecule has 2 fully saturated rings. The molecule has 0 saturated heterocycles. The summed E-state index contributed by atoms with van der Waals surface area (Å²) in [4.78, 5) is 4.68. The molecule has 4 heteroatoms. The third kappa shape index (κ3) is 2.34. The molecule has 4 nitrogen and oxygen atoms in total. The van der Waals surface area contributed by atoms with Crippen LogP contribution in [0.1, 0.15) is 58.8 Å². The summed E-state index contributed by atoms with van der Waals surface area (Å²) in [6.45, 7) is 5.02. The molecule has 30 heavy (non-hydrogen) atoms. The summed E-state index contributed by atoms with van der Waals surface area (Å²) >= 11 is 0. The summed E-state index contributed by atoms with van der Waals surface area (Å²) in [5.41, 5.74) is 6.72. The van der Waals surface area contributed by atoms with Crippen molar-refractivity contribution in [3.8, 4) is 0 Å². The van der Waals surface area contributed by atoms with Gasteiger partial charge in [0.25, 0.3) is 0 Å². The average molecular weight is 402 g/mol. The minimum Gasteiger partial charge on any atom is -0.411 e. The van der Waals surface area contributed by atoms with E-state index in [1.54, 1.807) is 0 Å². The van der Waals surface area contributed by atoms with Gasteiger partial charge in [0.1, 0.15) is 6.33 Å². The molecule has 0 unspecified atom stereocenters. The van der Waals surface area contributed by atoms with Crippen LogP contribution in [0.2, 0.25) is 0 Å². The Bertz CT molecular complexity index is 1110. The van der Waals surface area contributed by atoms with E-state index in [4.69, 9.17) is 0 Å². The van der Waals surface area contributed by atoms with Gasteiger partial charge in [0.15, 0.2) is 0 Å². The van der Waals surface area contributed by atoms with E-state index < -0.39 is 0 Å². The smallest absolute Gasteiger partial charge is 0.100 e. The van der Waals surface area contributed by atoms with E-state index in [9.17, 15) is 5.21 Å². The highest BCUT2D eigenvalue weighted by Crippen LogP contribution is 2.66. The summed E-state index contributed by atoms with van der Waals surface area (Å²) in [6, 6.07) is 8.51. The Hall–Kier alpha value is -2.36. The molecule has 4 aliphatic carbocycles. The lowest BCUT2D eigenvalue weighted by molar-refractivity contribution is -0.0203. The number of para-hydroxylation sites is 2. The quantitative estimate of drug-likeness (QED) is 0.451. The van der Waals surface area contributed by atoms with Gasteiger partial charge in [0.05, 0.1) is 16.7 Å². The first-order valence-corrected chi connectivity index (χ1v) is 11.6. The molecule has 2 aromatic rings. The van der Waals surface area contributed by atoms with Crippen LogP contribution in [0.15, 0.2) is 53.5 Å². The molecule has 0 radical (unpaired) electrons. The second-order valence-electron chi connectivity index (χ2n) is 10.5. The van der Waals surface area contributed by atoms with Crippen LogP contribution in [-0.2, 0) is 0 Å². The maximum Gasteiger partial charge on any atom is 0.100 e.